The largest absolute Gasteiger partial charge is 0.481 e. The highest BCUT2D eigenvalue weighted by atomic mass is 79.9. The summed E-state index contributed by atoms with van der Waals surface area (Å²) in [5.41, 5.74) is 0.450. The summed E-state index contributed by atoms with van der Waals surface area (Å²) in [5, 5.41) is 8.50. The van der Waals surface area contributed by atoms with Crippen LogP contribution in [0.2, 0.25) is 0 Å². The predicted octanol–water partition coefficient (Wildman–Crippen LogP) is 3.07. The van der Waals surface area contributed by atoms with E-state index in [0.717, 1.165) is 0 Å². The van der Waals surface area contributed by atoms with Gasteiger partial charge < -0.3 is 9.84 Å². The van der Waals surface area contributed by atoms with Crippen LogP contribution in [0.15, 0.2) is 22.7 Å². The molecule has 0 aliphatic heterocycles. The van der Waals surface area contributed by atoms with E-state index >= 15 is 0 Å². The van der Waals surface area contributed by atoms with Crippen molar-refractivity contribution in [3.05, 3.63) is 28.2 Å². The van der Waals surface area contributed by atoms with E-state index in [1.54, 1.807) is 12.1 Å². The molecule has 0 aliphatic carbocycles. The highest BCUT2D eigenvalue weighted by Crippen LogP contribution is 2.26. The maximum atomic E-state index is 12.1. The number of carboxylic acid groups (broad SMARTS) is 1. The Bertz CT molecular complexity index is 382. The summed E-state index contributed by atoms with van der Waals surface area (Å²) in [6.45, 7) is -2.92. The van der Waals surface area contributed by atoms with Crippen LogP contribution in [-0.2, 0) is 11.2 Å². The number of ether oxygens (including phenoxy) is 1. The van der Waals surface area contributed by atoms with Gasteiger partial charge in [-0.1, -0.05) is 22.0 Å². The second kappa shape index (κ2) is 5.79. The Morgan fingerprint density at radius 2 is 2.19 bits per heavy atom. The van der Waals surface area contributed by atoms with Crippen molar-refractivity contribution in [2.45, 2.75) is 19.5 Å². The number of benzene rings is 1. The number of aryl methyl sites for hydroxylation is 1. The zero-order chi connectivity index (χ0) is 12.1. The van der Waals surface area contributed by atoms with Gasteiger partial charge >= 0.3 is 12.6 Å². The monoisotopic (exact) mass is 294 g/mol. The Labute approximate surface area is 99.2 Å². The number of hydrogen-bond acceptors (Lipinski definition) is 2. The van der Waals surface area contributed by atoms with E-state index in [4.69, 9.17) is 5.11 Å². The first-order valence-electron chi connectivity index (χ1n) is 4.44. The molecule has 3 nitrogen and oxygen atoms in total. The van der Waals surface area contributed by atoms with Gasteiger partial charge in [0.1, 0.15) is 5.75 Å². The minimum Gasteiger partial charge on any atom is -0.481 e. The van der Waals surface area contributed by atoms with Crippen LogP contribution in [0, 0.1) is 0 Å². The highest BCUT2D eigenvalue weighted by molar-refractivity contribution is 9.10. The van der Waals surface area contributed by atoms with E-state index in [9.17, 15) is 13.6 Å². The van der Waals surface area contributed by atoms with Gasteiger partial charge in [0.2, 0.25) is 0 Å². The normalized spacial score (nSPS) is 10.5. The molecule has 0 fully saturated rings. The second-order valence-corrected chi connectivity index (χ2v) is 3.94. The highest BCUT2D eigenvalue weighted by Gasteiger charge is 2.11. The Morgan fingerprint density at radius 1 is 1.50 bits per heavy atom. The molecule has 0 saturated heterocycles. The maximum absolute atomic E-state index is 12.1. The van der Waals surface area contributed by atoms with E-state index in [-0.39, 0.29) is 18.6 Å². The van der Waals surface area contributed by atoms with E-state index in [2.05, 4.69) is 20.7 Å². The Morgan fingerprint density at radius 3 is 2.75 bits per heavy atom. The second-order valence-electron chi connectivity index (χ2n) is 3.02. The quantitative estimate of drug-likeness (QED) is 0.908. The van der Waals surface area contributed by atoms with Crippen molar-refractivity contribution in [2.24, 2.45) is 0 Å². The maximum Gasteiger partial charge on any atom is 0.387 e. The number of carboxylic acids is 1. The first-order chi connectivity index (χ1) is 7.49. The topological polar surface area (TPSA) is 46.5 Å². The van der Waals surface area contributed by atoms with Gasteiger partial charge in [-0.05, 0) is 24.1 Å². The van der Waals surface area contributed by atoms with Gasteiger partial charge in [0, 0.05) is 10.9 Å². The van der Waals surface area contributed by atoms with Gasteiger partial charge in [-0.15, -0.1) is 0 Å². The lowest BCUT2D eigenvalue weighted by molar-refractivity contribution is -0.136. The minimum absolute atomic E-state index is 0.00521. The van der Waals surface area contributed by atoms with Crippen molar-refractivity contribution < 1.29 is 23.4 Å². The van der Waals surface area contributed by atoms with Crippen molar-refractivity contribution in [2.75, 3.05) is 0 Å². The summed E-state index contributed by atoms with van der Waals surface area (Å²) in [7, 11) is 0. The molecule has 0 spiro atoms. The number of aliphatic carboxylic acids is 1. The number of alkyl halides is 2. The zero-order valence-electron chi connectivity index (χ0n) is 8.12. The first-order valence-corrected chi connectivity index (χ1v) is 5.23. The van der Waals surface area contributed by atoms with Crippen LogP contribution >= 0.6 is 15.9 Å². The Balaban J connectivity index is 2.84. The van der Waals surface area contributed by atoms with Crippen LogP contribution in [0.4, 0.5) is 8.78 Å². The lowest BCUT2D eigenvalue weighted by Crippen LogP contribution is -2.06. The van der Waals surface area contributed by atoms with Crippen LogP contribution in [0.3, 0.4) is 0 Å². The third-order valence-corrected chi connectivity index (χ3v) is 2.35. The summed E-state index contributed by atoms with van der Waals surface area (Å²) in [6, 6.07) is 4.60. The molecule has 0 unspecified atom stereocenters. The molecule has 0 aliphatic rings. The lowest BCUT2D eigenvalue weighted by Gasteiger charge is -2.10. The van der Waals surface area contributed by atoms with E-state index in [1.165, 1.54) is 6.07 Å². The van der Waals surface area contributed by atoms with Crippen LogP contribution in [0.25, 0.3) is 0 Å². The van der Waals surface area contributed by atoms with Gasteiger partial charge in [-0.3, -0.25) is 4.79 Å². The first kappa shape index (κ1) is 12.9. The van der Waals surface area contributed by atoms with E-state index in [0.29, 0.717) is 10.0 Å². The van der Waals surface area contributed by atoms with Crippen molar-refractivity contribution in [3.8, 4) is 5.75 Å². The van der Waals surface area contributed by atoms with Crippen molar-refractivity contribution in [1.29, 1.82) is 0 Å². The third kappa shape index (κ3) is 4.14. The molecule has 0 saturated carbocycles. The van der Waals surface area contributed by atoms with Crippen LogP contribution in [0.1, 0.15) is 12.0 Å². The van der Waals surface area contributed by atoms with Crippen LogP contribution in [-0.4, -0.2) is 17.7 Å². The lowest BCUT2D eigenvalue weighted by atomic mass is 10.1. The molecule has 0 aromatic heterocycles. The molecular weight excluding hydrogens is 286 g/mol. The molecule has 0 amide bonds. The molecule has 1 aromatic carbocycles. The van der Waals surface area contributed by atoms with E-state index in [1.807, 2.05) is 0 Å². The van der Waals surface area contributed by atoms with Gasteiger partial charge in [0.25, 0.3) is 0 Å². The SMILES string of the molecule is O=C(O)CCc1ccc(Br)cc1OC(F)F. The summed E-state index contributed by atoms with van der Waals surface area (Å²) >= 11 is 3.13. The van der Waals surface area contributed by atoms with E-state index < -0.39 is 12.6 Å². The Hall–Kier alpha value is -1.17. The summed E-state index contributed by atoms with van der Waals surface area (Å²) in [4.78, 5) is 10.4. The number of halogens is 3. The molecule has 1 aromatic rings. The molecule has 0 heterocycles. The van der Waals surface area contributed by atoms with Crippen molar-refractivity contribution in [3.63, 3.8) is 0 Å². The number of hydrogen-bond donors (Lipinski definition) is 1. The fourth-order valence-electron chi connectivity index (χ4n) is 1.18. The van der Waals surface area contributed by atoms with Crippen LogP contribution in [0.5, 0.6) is 5.75 Å². The molecular formula is C10H9BrF2O3. The smallest absolute Gasteiger partial charge is 0.387 e. The molecule has 0 bridgehead atoms. The van der Waals surface area contributed by atoms with Gasteiger partial charge in [-0.2, -0.15) is 8.78 Å². The third-order valence-electron chi connectivity index (χ3n) is 1.85. The number of carbonyl (C=O) groups is 1. The van der Waals surface area contributed by atoms with Gasteiger partial charge in [-0.25, -0.2) is 0 Å². The van der Waals surface area contributed by atoms with Gasteiger partial charge in [0.05, 0.1) is 0 Å². The van der Waals surface area contributed by atoms with Crippen LogP contribution < -0.4 is 4.74 Å². The van der Waals surface area contributed by atoms with Crippen molar-refractivity contribution >= 4 is 21.9 Å². The summed E-state index contributed by atoms with van der Waals surface area (Å²) in [5.74, 6) is -0.975. The average Bonchev–Trinajstić information content (AvgIpc) is 2.15. The molecule has 0 radical (unpaired) electrons. The summed E-state index contributed by atoms with van der Waals surface area (Å²) in [6.07, 6.45) is 0.0336. The van der Waals surface area contributed by atoms with Gasteiger partial charge in [0.15, 0.2) is 0 Å². The molecule has 1 rings (SSSR count). The molecule has 0 atom stereocenters. The average molecular weight is 295 g/mol. The standard InChI is InChI=1S/C10H9BrF2O3/c11-7-3-1-6(2-4-9(14)15)8(5-7)16-10(12)13/h1,3,5,10H,2,4H2,(H,14,15). The molecule has 16 heavy (non-hydrogen) atoms. The molecule has 6 heteroatoms. The van der Waals surface area contributed by atoms with Crippen molar-refractivity contribution in [1.82, 2.24) is 0 Å². The predicted molar refractivity (Wildman–Crippen MR) is 56.7 cm³/mol. The Kier molecular flexibility index (Phi) is 4.67. The molecule has 1 N–H and O–H groups in total. The summed E-state index contributed by atoms with van der Waals surface area (Å²) < 4.78 is 29.1. The fraction of sp³-hybridized carbons (Fsp3) is 0.300. The fourth-order valence-corrected chi connectivity index (χ4v) is 1.52. The zero-order valence-corrected chi connectivity index (χ0v) is 9.71. The minimum atomic E-state index is -2.92. The molecule has 88 valence electrons. The number of rotatable bonds is 5.